The summed E-state index contributed by atoms with van der Waals surface area (Å²) in [6, 6.07) is 23.4. The van der Waals surface area contributed by atoms with Crippen LogP contribution in [0.3, 0.4) is 0 Å². The van der Waals surface area contributed by atoms with Crippen molar-refractivity contribution in [2.75, 3.05) is 0 Å². The number of carboxylic acids is 1. The summed E-state index contributed by atoms with van der Waals surface area (Å²) in [7, 11) is 0. The number of nitrogens with one attached hydrogen (secondary N) is 2. The van der Waals surface area contributed by atoms with Crippen molar-refractivity contribution in [1.82, 2.24) is 10.6 Å². The maximum Gasteiger partial charge on any atom is 0.303 e. The minimum atomic E-state index is -1.03. The maximum absolute atomic E-state index is 12.7. The number of hydrogen-bond acceptors (Lipinski definition) is 3. The summed E-state index contributed by atoms with van der Waals surface area (Å²) in [5.41, 5.74) is 4.24. The lowest BCUT2D eigenvalue weighted by Gasteiger charge is -2.18. The van der Waals surface area contributed by atoms with Crippen LogP contribution in [0.2, 0.25) is 0 Å². The largest absolute Gasteiger partial charge is 0.481 e. The van der Waals surface area contributed by atoms with Gasteiger partial charge in [0.15, 0.2) is 0 Å². The first-order chi connectivity index (χ1) is 16.0. The van der Waals surface area contributed by atoms with Gasteiger partial charge in [0.1, 0.15) is 6.04 Å². The number of benzene rings is 3. The van der Waals surface area contributed by atoms with Crippen molar-refractivity contribution in [3.63, 3.8) is 0 Å². The standard InChI is InChI=1S/C27H26N2O4/c1-2-19-8-10-20(11-9-19)18-28-27(33)24(16-17-25(30)31)29-26(32)23-14-12-22(13-15-23)21-6-4-3-5-7-21/h2-15,24H,1,16-18H2,(H,28,33)(H,29,32)(H,30,31)/t24-/m0/s1. The van der Waals surface area contributed by atoms with Crippen LogP contribution in [-0.2, 0) is 16.1 Å². The Morgan fingerprint density at radius 2 is 1.52 bits per heavy atom. The zero-order valence-corrected chi connectivity index (χ0v) is 18.2. The minimum Gasteiger partial charge on any atom is -0.481 e. The van der Waals surface area contributed by atoms with Crippen molar-refractivity contribution in [1.29, 1.82) is 0 Å². The van der Waals surface area contributed by atoms with Gasteiger partial charge in [-0.1, -0.05) is 79.4 Å². The molecule has 3 aromatic rings. The summed E-state index contributed by atoms with van der Waals surface area (Å²) in [5.74, 6) is -1.90. The molecule has 3 rings (SSSR count). The Bertz CT molecular complexity index is 1110. The van der Waals surface area contributed by atoms with Crippen molar-refractivity contribution in [3.05, 3.63) is 102 Å². The third-order valence-electron chi connectivity index (χ3n) is 5.21. The molecule has 2 amide bonds. The number of rotatable bonds is 10. The van der Waals surface area contributed by atoms with Crippen molar-refractivity contribution < 1.29 is 19.5 Å². The molecule has 0 heterocycles. The van der Waals surface area contributed by atoms with E-state index >= 15 is 0 Å². The van der Waals surface area contributed by atoms with Gasteiger partial charge in [-0.05, 0) is 40.8 Å². The fourth-order valence-electron chi connectivity index (χ4n) is 3.31. The molecule has 0 bridgehead atoms. The number of carbonyl (C=O) groups is 3. The molecule has 0 saturated heterocycles. The van der Waals surface area contributed by atoms with E-state index in [2.05, 4.69) is 17.2 Å². The third-order valence-corrected chi connectivity index (χ3v) is 5.21. The molecule has 0 aromatic heterocycles. The first-order valence-corrected chi connectivity index (χ1v) is 10.6. The molecule has 33 heavy (non-hydrogen) atoms. The topological polar surface area (TPSA) is 95.5 Å². The zero-order valence-electron chi connectivity index (χ0n) is 18.2. The average Bonchev–Trinajstić information content (AvgIpc) is 2.85. The van der Waals surface area contributed by atoms with Crippen LogP contribution in [-0.4, -0.2) is 28.9 Å². The van der Waals surface area contributed by atoms with Crippen LogP contribution in [0.15, 0.2) is 85.4 Å². The van der Waals surface area contributed by atoms with Gasteiger partial charge in [0.2, 0.25) is 5.91 Å². The third kappa shape index (κ3) is 6.90. The smallest absolute Gasteiger partial charge is 0.303 e. The summed E-state index contributed by atoms with van der Waals surface area (Å²) in [4.78, 5) is 36.5. The summed E-state index contributed by atoms with van der Waals surface area (Å²) in [6.07, 6.45) is 1.48. The minimum absolute atomic E-state index is 0.00952. The molecular formula is C27H26N2O4. The lowest BCUT2D eigenvalue weighted by atomic mass is 10.0. The van der Waals surface area contributed by atoms with E-state index in [1.54, 1.807) is 18.2 Å². The quantitative estimate of drug-likeness (QED) is 0.437. The molecule has 6 nitrogen and oxygen atoms in total. The molecule has 3 N–H and O–H groups in total. The van der Waals surface area contributed by atoms with Gasteiger partial charge in [0.25, 0.3) is 5.91 Å². The molecule has 6 heteroatoms. The zero-order chi connectivity index (χ0) is 23.6. The fraction of sp³-hybridized carbons (Fsp3) is 0.148. The highest BCUT2D eigenvalue weighted by atomic mass is 16.4. The molecule has 1 atom stereocenters. The average molecular weight is 443 g/mol. The second-order valence-electron chi connectivity index (χ2n) is 7.57. The molecule has 0 fully saturated rings. The molecule has 3 aromatic carbocycles. The van der Waals surface area contributed by atoms with Gasteiger partial charge in [-0.3, -0.25) is 14.4 Å². The van der Waals surface area contributed by atoms with Gasteiger partial charge in [0, 0.05) is 18.5 Å². The van der Waals surface area contributed by atoms with Crippen LogP contribution < -0.4 is 10.6 Å². The molecule has 0 saturated carbocycles. The van der Waals surface area contributed by atoms with E-state index in [4.69, 9.17) is 5.11 Å². The first kappa shape index (κ1) is 23.5. The van der Waals surface area contributed by atoms with Gasteiger partial charge in [-0.25, -0.2) is 0 Å². The summed E-state index contributed by atoms with van der Waals surface area (Å²) in [5, 5.41) is 14.5. The van der Waals surface area contributed by atoms with E-state index < -0.39 is 23.8 Å². The molecule has 0 spiro atoms. The van der Waals surface area contributed by atoms with Gasteiger partial charge < -0.3 is 15.7 Å². The predicted octanol–water partition coefficient (Wildman–Crippen LogP) is 4.28. The van der Waals surface area contributed by atoms with Crippen molar-refractivity contribution in [2.24, 2.45) is 0 Å². The first-order valence-electron chi connectivity index (χ1n) is 10.6. The van der Waals surface area contributed by atoms with E-state index in [9.17, 15) is 14.4 Å². The van der Waals surface area contributed by atoms with E-state index in [1.165, 1.54) is 0 Å². The SMILES string of the molecule is C=Cc1ccc(CNC(=O)[C@H](CCC(=O)O)NC(=O)c2ccc(-c3ccccc3)cc2)cc1. The highest BCUT2D eigenvalue weighted by Crippen LogP contribution is 2.19. The molecular weight excluding hydrogens is 416 g/mol. The van der Waals surface area contributed by atoms with E-state index in [-0.39, 0.29) is 19.4 Å². The Labute approximate surface area is 193 Å². The second kappa shape index (κ2) is 11.4. The molecule has 168 valence electrons. The van der Waals surface area contributed by atoms with Crippen molar-refractivity contribution in [2.45, 2.75) is 25.4 Å². The van der Waals surface area contributed by atoms with E-state index in [1.807, 2.05) is 66.7 Å². The van der Waals surface area contributed by atoms with Crippen LogP contribution >= 0.6 is 0 Å². The maximum atomic E-state index is 12.7. The van der Waals surface area contributed by atoms with Gasteiger partial charge in [-0.15, -0.1) is 0 Å². The number of carbonyl (C=O) groups excluding carboxylic acids is 2. The van der Waals surface area contributed by atoms with Gasteiger partial charge in [-0.2, -0.15) is 0 Å². The predicted molar refractivity (Wildman–Crippen MR) is 128 cm³/mol. The summed E-state index contributed by atoms with van der Waals surface area (Å²) < 4.78 is 0. The monoisotopic (exact) mass is 442 g/mol. The van der Waals surface area contributed by atoms with Gasteiger partial charge >= 0.3 is 5.97 Å². The Morgan fingerprint density at radius 3 is 2.12 bits per heavy atom. The fourth-order valence-corrected chi connectivity index (χ4v) is 3.31. The lowest BCUT2D eigenvalue weighted by molar-refractivity contribution is -0.137. The highest BCUT2D eigenvalue weighted by molar-refractivity contribution is 5.98. The van der Waals surface area contributed by atoms with Crippen LogP contribution in [0.1, 0.15) is 34.3 Å². The van der Waals surface area contributed by atoms with Crippen LogP contribution in [0.4, 0.5) is 0 Å². The highest BCUT2D eigenvalue weighted by Gasteiger charge is 2.22. The Morgan fingerprint density at radius 1 is 0.879 bits per heavy atom. The molecule has 0 aliphatic rings. The molecule has 0 radical (unpaired) electrons. The van der Waals surface area contributed by atoms with Crippen LogP contribution in [0.25, 0.3) is 17.2 Å². The van der Waals surface area contributed by atoms with E-state index in [0.29, 0.717) is 5.56 Å². The Kier molecular flexibility index (Phi) is 8.13. The number of amides is 2. The molecule has 0 aliphatic carbocycles. The van der Waals surface area contributed by atoms with Crippen LogP contribution in [0, 0.1) is 0 Å². The Balaban J connectivity index is 1.65. The van der Waals surface area contributed by atoms with Crippen molar-refractivity contribution in [3.8, 4) is 11.1 Å². The molecule has 0 unspecified atom stereocenters. The Hall–Kier alpha value is -4.19. The number of hydrogen-bond donors (Lipinski definition) is 3. The lowest BCUT2D eigenvalue weighted by Crippen LogP contribution is -2.46. The summed E-state index contributed by atoms with van der Waals surface area (Å²) >= 11 is 0. The number of carboxylic acid groups (broad SMARTS) is 1. The van der Waals surface area contributed by atoms with Crippen molar-refractivity contribution >= 4 is 23.9 Å². The van der Waals surface area contributed by atoms with E-state index in [0.717, 1.165) is 22.3 Å². The summed E-state index contributed by atoms with van der Waals surface area (Å²) in [6.45, 7) is 3.97. The normalized spacial score (nSPS) is 11.3. The molecule has 0 aliphatic heterocycles. The number of aliphatic carboxylic acids is 1. The second-order valence-corrected chi connectivity index (χ2v) is 7.57. The van der Waals surface area contributed by atoms with Gasteiger partial charge in [0.05, 0.1) is 0 Å². The van der Waals surface area contributed by atoms with Crippen LogP contribution in [0.5, 0.6) is 0 Å².